The zero-order chi connectivity index (χ0) is 19.2. The van der Waals surface area contributed by atoms with E-state index < -0.39 is 0 Å². The third kappa shape index (κ3) is 4.79. The molecule has 0 radical (unpaired) electrons. The fourth-order valence-electron chi connectivity index (χ4n) is 3.47. The number of ketones is 1. The summed E-state index contributed by atoms with van der Waals surface area (Å²) in [5.74, 6) is 0.222. The SMILES string of the molecule is CC(=O)CCCNC[C@H]1CN(c2cnc(C#N)c3ncccc23)C[C@@H](C)O1. The quantitative estimate of drug-likeness (QED) is 0.749. The van der Waals surface area contributed by atoms with E-state index in [4.69, 9.17) is 4.74 Å². The number of hydrogen-bond acceptors (Lipinski definition) is 7. The van der Waals surface area contributed by atoms with E-state index in [0.717, 1.165) is 43.7 Å². The van der Waals surface area contributed by atoms with Crippen LogP contribution in [-0.4, -0.2) is 54.1 Å². The highest BCUT2D eigenvalue weighted by molar-refractivity contribution is 5.93. The summed E-state index contributed by atoms with van der Waals surface area (Å²) in [7, 11) is 0. The number of rotatable bonds is 7. The van der Waals surface area contributed by atoms with Crippen molar-refractivity contribution in [3.63, 3.8) is 0 Å². The van der Waals surface area contributed by atoms with Gasteiger partial charge >= 0.3 is 0 Å². The summed E-state index contributed by atoms with van der Waals surface area (Å²) in [6.45, 7) is 6.72. The molecule has 2 atom stereocenters. The molecule has 1 saturated heterocycles. The minimum atomic E-state index is 0.0495. The van der Waals surface area contributed by atoms with Gasteiger partial charge in [-0.3, -0.25) is 4.98 Å². The summed E-state index contributed by atoms with van der Waals surface area (Å²) in [5, 5.41) is 13.6. The standard InChI is InChI=1S/C20H25N5O2/c1-14(26)5-3-7-22-10-16-13-25(12-15(2)27-16)19-11-24-18(9-21)20-17(19)6-4-8-23-20/h4,6,8,11,15-16,22H,3,5,7,10,12-13H2,1-2H3/t15-,16+/m1/s1. The van der Waals surface area contributed by atoms with E-state index in [-0.39, 0.29) is 18.0 Å². The number of nitriles is 1. The van der Waals surface area contributed by atoms with Crippen LogP contribution < -0.4 is 10.2 Å². The number of nitrogens with one attached hydrogen (secondary N) is 1. The number of pyridine rings is 2. The molecule has 7 nitrogen and oxygen atoms in total. The van der Waals surface area contributed by atoms with Crippen LogP contribution in [0.1, 0.15) is 32.4 Å². The number of carbonyl (C=O) groups is 1. The molecule has 0 saturated carbocycles. The van der Waals surface area contributed by atoms with E-state index in [1.807, 2.05) is 12.1 Å². The van der Waals surface area contributed by atoms with Crippen molar-refractivity contribution in [1.82, 2.24) is 15.3 Å². The third-order valence-electron chi connectivity index (χ3n) is 4.65. The Kier molecular flexibility index (Phi) is 6.32. The molecule has 0 amide bonds. The highest BCUT2D eigenvalue weighted by atomic mass is 16.5. The molecule has 1 N–H and O–H groups in total. The van der Waals surface area contributed by atoms with Crippen LogP contribution in [0.25, 0.3) is 10.9 Å². The molecule has 7 heteroatoms. The molecular weight excluding hydrogens is 342 g/mol. The summed E-state index contributed by atoms with van der Waals surface area (Å²) in [5.41, 5.74) is 1.96. The van der Waals surface area contributed by atoms with Crippen LogP contribution in [-0.2, 0) is 9.53 Å². The van der Waals surface area contributed by atoms with Crippen molar-refractivity contribution in [3.05, 3.63) is 30.2 Å². The smallest absolute Gasteiger partial charge is 0.166 e. The van der Waals surface area contributed by atoms with Crippen LogP contribution in [0.15, 0.2) is 24.5 Å². The second-order valence-corrected chi connectivity index (χ2v) is 6.99. The number of nitrogens with zero attached hydrogens (tertiary/aromatic N) is 4. The van der Waals surface area contributed by atoms with Gasteiger partial charge in [0.2, 0.25) is 0 Å². The summed E-state index contributed by atoms with van der Waals surface area (Å²) >= 11 is 0. The topological polar surface area (TPSA) is 91.1 Å². The Labute approximate surface area is 159 Å². The lowest BCUT2D eigenvalue weighted by Gasteiger charge is -2.38. The number of carbonyl (C=O) groups excluding carboxylic acids is 1. The summed E-state index contributed by atoms with van der Waals surface area (Å²) in [6, 6.07) is 5.98. The molecule has 27 heavy (non-hydrogen) atoms. The maximum atomic E-state index is 11.0. The first-order valence-corrected chi connectivity index (χ1v) is 9.33. The van der Waals surface area contributed by atoms with E-state index in [2.05, 4.69) is 33.2 Å². The zero-order valence-corrected chi connectivity index (χ0v) is 15.8. The molecule has 0 spiro atoms. The second kappa shape index (κ2) is 8.89. The van der Waals surface area contributed by atoms with Crippen molar-refractivity contribution in [2.24, 2.45) is 0 Å². The van der Waals surface area contributed by atoms with Crippen molar-refractivity contribution < 1.29 is 9.53 Å². The molecule has 0 unspecified atom stereocenters. The predicted octanol–water partition coefficient (Wildman–Crippen LogP) is 2.05. The average Bonchev–Trinajstić information content (AvgIpc) is 2.66. The lowest BCUT2D eigenvalue weighted by Crippen LogP contribution is -2.50. The van der Waals surface area contributed by atoms with Gasteiger partial charge in [0.1, 0.15) is 17.4 Å². The van der Waals surface area contributed by atoms with Crippen molar-refractivity contribution in [3.8, 4) is 6.07 Å². The molecule has 1 aliphatic rings. The Morgan fingerprint density at radius 1 is 1.44 bits per heavy atom. The van der Waals surface area contributed by atoms with Gasteiger partial charge in [-0.05, 0) is 38.9 Å². The van der Waals surface area contributed by atoms with Gasteiger partial charge in [0.05, 0.1) is 24.1 Å². The summed E-state index contributed by atoms with van der Waals surface area (Å²) < 4.78 is 6.06. The van der Waals surface area contributed by atoms with E-state index in [9.17, 15) is 10.1 Å². The number of morpholine rings is 1. The first-order chi connectivity index (χ1) is 13.1. The molecule has 3 heterocycles. The molecule has 3 rings (SSSR count). The van der Waals surface area contributed by atoms with Crippen LogP contribution in [0, 0.1) is 11.3 Å². The van der Waals surface area contributed by atoms with Crippen molar-refractivity contribution in [2.75, 3.05) is 31.1 Å². The van der Waals surface area contributed by atoms with Crippen molar-refractivity contribution in [2.45, 2.75) is 38.9 Å². The monoisotopic (exact) mass is 367 g/mol. The molecule has 142 valence electrons. The Hall–Kier alpha value is -2.56. The minimum absolute atomic E-state index is 0.0495. The van der Waals surface area contributed by atoms with Gasteiger partial charge in [-0.15, -0.1) is 0 Å². The lowest BCUT2D eigenvalue weighted by molar-refractivity contribution is -0.117. The Morgan fingerprint density at radius 2 is 2.30 bits per heavy atom. The highest BCUT2D eigenvalue weighted by Gasteiger charge is 2.26. The van der Waals surface area contributed by atoms with Gasteiger partial charge in [0.25, 0.3) is 0 Å². The van der Waals surface area contributed by atoms with E-state index >= 15 is 0 Å². The van der Waals surface area contributed by atoms with Crippen molar-refractivity contribution in [1.29, 1.82) is 5.26 Å². The molecule has 2 aromatic heterocycles. The third-order valence-corrected chi connectivity index (χ3v) is 4.65. The van der Waals surface area contributed by atoms with E-state index in [1.54, 1.807) is 19.3 Å². The molecule has 2 aromatic rings. The first kappa shape index (κ1) is 19.2. The number of Topliss-reactive ketones (excluding diaryl/α,β-unsaturated/α-hetero) is 1. The molecule has 0 bridgehead atoms. The molecule has 1 fully saturated rings. The van der Waals surface area contributed by atoms with Crippen LogP contribution in [0.5, 0.6) is 0 Å². The van der Waals surface area contributed by atoms with Crippen molar-refractivity contribution >= 4 is 22.4 Å². The number of anilines is 1. The zero-order valence-electron chi connectivity index (χ0n) is 15.8. The largest absolute Gasteiger partial charge is 0.370 e. The van der Waals surface area contributed by atoms with Crippen LogP contribution in [0.3, 0.4) is 0 Å². The molecule has 0 aromatic carbocycles. The van der Waals surface area contributed by atoms with Crippen LogP contribution in [0.2, 0.25) is 0 Å². The maximum Gasteiger partial charge on any atom is 0.166 e. The van der Waals surface area contributed by atoms with Gasteiger partial charge in [0.15, 0.2) is 5.69 Å². The summed E-state index contributed by atoms with van der Waals surface area (Å²) in [6.07, 6.45) is 5.04. The normalized spacial score (nSPS) is 19.8. The first-order valence-electron chi connectivity index (χ1n) is 9.33. The Bertz CT molecular complexity index is 848. The van der Waals surface area contributed by atoms with Gasteiger partial charge in [-0.1, -0.05) is 0 Å². The average molecular weight is 367 g/mol. The van der Waals surface area contributed by atoms with Gasteiger partial charge in [-0.25, -0.2) is 4.98 Å². The molecule has 1 aliphatic heterocycles. The summed E-state index contributed by atoms with van der Waals surface area (Å²) in [4.78, 5) is 21.9. The molecule has 0 aliphatic carbocycles. The fraction of sp³-hybridized carbons (Fsp3) is 0.500. The van der Waals surface area contributed by atoms with Crippen LogP contribution in [0.4, 0.5) is 5.69 Å². The Morgan fingerprint density at radius 3 is 3.07 bits per heavy atom. The predicted molar refractivity (Wildman–Crippen MR) is 104 cm³/mol. The lowest BCUT2D eigenvalue weighted by atomic mass is 10.1. The van der Waals surface area contributed by atoms with Crippen LogP contribution >= 0.6 is 0 Å². The van der Waals surface area contributed by atoms with Gasteiger partial charge in [0, 0.05) is 37.6 Å². The second-order valence-electron chi connectivity index (χ2n) is 6.99. The highest BCUT2D eigenvalue weighted by Crippen LogP contribution is 2.28. The van der Waals surface area contributed by atoms with E-state index in [1.165, 1.54) is 0 Å². The van der Waals surface area contributed by atoms with E-state index in [0.29, 0.717) is 17.6 Å². The molecular formula is C20H25N5O2. The number of aromatic nitrogens is 2. The number of fused-ring (bicyclic) bond motifs is 1. The Balaban J connectivity index is 1.71. The maximum absolute atomic E-state index is 11.0. The van der Waals surface area contributed by atoms with Gasteiger partial charge < -0.3 is 19.7 Å². The minimum Gasteiger partial charge on any atom is -0.370 e. The van der Waals surface area contributed by atoms with Gasteiger partial charge in [-0.2, -0.15) is 5.26 Å². The fourth-order valence-corrected chi connectivity index (χ4v) is 3.47. The number of ether oxygens (including phenoxy) is 1. The number of hydrogen-bond donors (Lipinski definition) is 1.